The Bertz CT molecular complexity index is 5880. The SMILES string of the molecule is CCC(C)(CC)C(=O)C=C(O)C(C)(CC)CC.CCC(CC)C(=O)C=C(O)C(CC)CC.Cc1[c-]c(-c2ccc3cc([Si](C)(C)C)c(-c4ccccc4)cc3n2)cc(C)c1.Cc1[c-]c(-c2ccc3cc([Si](C)(C)C)c(-c4ccccc4)cc3n2)cc(C)c1.Cc1[c-]c(-c2ccc3cc([Si](C)(C)C)c(-c4ccccc4)cc3n2)cc(C)c1.O=C(C=C(O)c1ccccc1)c1ccccc1.[Ir].[Ir].[Ir]. The van der Waals surface area contributed by atoms with Gasteiger partial charge in [-0.05, 0) is 136 Å². The molecule has 9 nitrogen and oxygen atoms in total. The molecule has 3 N–H and O–H groups in total. The van der Waals surface area contributed by atoms with Crippen LogP contribution < -0.4 is 15.6 Å². The zero-order valence-corrected chi connectivity index (χ0v) is 95.0. The average molecular weight is 2400 g/mol. The van der Waals surface area contributed by atoms with Crippen LogP contribution in [0.25, 0.3) is 106 Å². The minimum absolute atomic E-state index is 0. The van der Waals surface area contributed by atoms with Gasteiger partial charge < -0.3 is 15.3 Å². The molecule has 0 aliphatic rings. The first-order valence-electron chi connectivity index (χ1n) is 47.6. The predicted octanol–water partition coefficient (Wildman–Crippen LogP) is 31.6. The second kappa shape index (κ2) is 52.6. The summed E-state index contributed by atoms with van der Waals surface area (Å²) in [5.41, 5.74) is 24.8. The quantitative estimate of drug-likeness (QED) is 0.0158. The van der Waals surface area contributed by atoms with E-state index in [0.717, 1.165) is 118 Å². The number of carbonyl (C=O) groups excluding carboxylic acids is 3. The zero-order valence-electron chi connectivity index (χ0n) is 84.8. The number of ketones is 3. The number of fused-ring (bicyclic) bond motifs is 3. The first-order chi connectivity index (χ1) is 63.1. The van der Waals surface area contributed by atoms with E-state index in [1.807, 2.05) is 93.5 Å². The van der Waals surface area contributed by atoms with Crippen LogP contribution >= 0.6 is 0 Å². The van der Waals surface area contributed by atoms with Crippen LogP contribution in [0.3, 0.4) is 0 Å². The van der Waals surface area contributed by atoms with Gasteiger partial charge in [-0.2, -0.15) is 0 Å². The number of allylic oxidation sites excluding steroid dienone is 5. The molecule has 11 aromatic carbocycles. The largest absolute Gasteiger partial charge is 0.512 e. The van der Waals surface area contributed by atoms with Gasteiger partial charge in [0.2, 0.25) is 0 Å². The zero-order chi connectivity index (χ0) is 97.3. The summed E-state index contributed by atoms with van der Waals surface area (Å²) in [6, 6.07) is 100. The molecule has 0 amide bonds. The second-order valence-corrected chi connectivity index (χ2v) is 54.1. The van der Waals surface area contributed by atoms with Crippen LogP contribution in [-0.4, -0.2) is 71.8 Å². The van der Waals surface area contributed by atoms with Crippen LogP contribution in [0.4, 0.5) is 0 Å². The molecule has 0 aliphatic carbocycles. The van der Waals surface area contributed by atoms with E-state index in [1.165, 1.54) is 100 Å². The van der Waals surface area contributed by atoms with E-state index in [4.69, 9.17) is 15.0 Å². The van der Waals surface area contributed by atoms with Gasteiger partial charge in [0.05, 0.1) is 46.5 Å². The van der Waals surface area contributed by atoms with Crippen LogP contribution in [0.5, 0.6) is 0 Å². The third-order valence-corrected chi connectivity index (χ3v) is 31.6. The number of aromatic nitrogens is 3. The van der Waals surface area contributed by atoms with Crippen LogP contribution in [0.2, 0.25) is 58.9 Å². The molecule has 3 heterocycles. The smallest absolute Gasteiger partial charge is 0.189 e. The monoisotopic (exact) mass is 2400 g/mol. The molecule has 0 unspecified atom stereocenters. The fraction of sp³-hybridized carbons (Fsp3) is 0.306. The number of aliphatic hydroxyl groups excluding tert-OH is 3. The van der Waals surface area contributed by atoms with Crippen molar-refractivity contribution in [1.29, 1.82) is 0 Å². The molecule has 719 valence electrons. The molecule has 14 rings (SSSR count). The summed E-state index contributed by atoms with van der Waals surface area (Å²) < 4.78 is 0. The Morgan fingerprint density at radius 1 is 0.346 bits per heavy atom. The Morgan fingerprint density at radius 2 is 0.632 bits per heavy atom. The van der Waals surface area contributed by atoms with E-state index in [9.17, 15) is 29.7 Å². The van der Waals surface area contributed by atoms with Gasteiger partial charge >= 0.3 is 0 Å². The Morgan fingerprint density at radius 3 is 0.904 bits per heavy atom. The van der Waals surface area contributed by atoms with Gasteiger partial charge in [-0.3, -0.25) is 29.3 Å². The molecule has 136 heavy (non-hydrogen) atoms. The summed E-state index contributed by atoms with van der Waals surface area (Å²) in [4.78, 5) is 50.8. The molecule has 0 saturated carbocycles. The van der Waals surface area contributed by atoms with Crippen molar-refractivity contribution in [3.05, 3.63) is 353 Å². The van der Waals surface area contributed by atoms with Crippen molar-refractivity contribution < 1.29 is 90.0 Å². The first-order valence-corrected chi connectivity index (χ1v) is 58.1. The van der Waals surface area contributed by atoms with Crippen molar-refractivity contribution in [2.75, 3.05) is 0 Å². The third kappa shape index (κ3) is 31.7. The summed E-state index contributed by atoms with van der Waals surface area (Å²) in [7, 11) is -4.51. The summed E-state index contributed by atoms with van der Waals surface area (Å²) in [6.07, 6.45) is 10.9. The van der Waals surface area contributed by atoms with E-state index in [0.29, 0.717) is 11.1 Å². The Labute approximate surface area is 857 Å². The minimum atomic E-state index is -1.50. The normalized spacial score (nSPS) is 11.8. The molecule has 14 aromatic rings. The summed E-state index contributed by atoms with van der Waals surface area (Å²) >= 11 is 0. The Balaban J connectivity index is 0.000000254. The maximum atomic E-state index is 12.2. The number of pyridine rings is 3. The topological polar surface area (TPSA) is 151 Å². The van der Waals surface area contributed by atoms with Crippen molar-refractivity contribution in [2.45, 2.75) is 221 Å². The van der Waals surface area contributed by atoms with E-state index in [-0.39, 0.29) is 118 Å². The molecular formula is C121H142Ir3N3O6Si3-3. The Kier molecular flexibility index (Phi) is 44.3. The van der Waals surface area contributed by atoms with Crippen LogP contribution in [0.1, 0.15) is 170 Å². The van der Waals surface area contributed by atoms with E-state index in [2.05, 4.69) is 319 Å². The molecular weight excluding hydrogens is 2250 g/mol. The number of hydrogen-bond acceptors (Lipinski definition) is 9. The Hall–Kier alpha value is -10.1. The third-order valence-electron chi connectivity index (χ3n) is 25.5. The van der Waals surface area contributed by atoms with Gasteiger partial charge in [0, 0.05) is 112 Å². The summed E-state index contributed by atoms with van der Waals surface area (Å²) in [5, 5.41) is 37.8. The van der Waals surface area contributed by atoms with Gasteiger partial charge in [0.25, 0.3) is 0 Å². The molecule has 0 aliphatic heterocycles. The minimum Gasteiger partial charge on any atom is -0.512 e. The molecule has 3 aromatic heterocycles. The van der Waals surface area contributed by atoms with E-state index < -0.39 is 24.2 Å². The number of hydrogen-bond donors (Lipinski definition) is 3. The van der Waals surface area contributed by atoms with Crippen molar-refractivity contribution >= 4 is 95.6 Å². The first kappa shape index (κ1) is 115. The van der Waals surface area contributed by atoms with Crippen molar-refractivity contribution in [3.63, 3.8) is 0 Å². The van der Waals surface area contributed by atoms with Crippen LogP contribution in [-0.2, 0) is 69.9 Å². The van der Waals surface area contributed by atoms with Crippen LogP contribution in [0.15, 0.2) is 291 Å². The maximum absolute atomic E-state index is 12.2. The summed E-state index contributed by atoms with van der Waals surface area (Å²) in [5.74, 6) is 0.617. The fourth-order valence-corrected chi connectivity index (χ4v) is 21.3. The average Bonchev–Trinajstić information content (AvgIpc) is 0.776. The van der Waals surface area contributed by atoms with E-state index >= 15 is 0 Å². The number of rotatable bonds is 26. The van der Waals surface area contributed by atoms with Gasteiger partial charge in [-0.15, -0.1) is 105 Å². The summed E-state index contributed by atoms with van der Waals surface area (Å²) in [6.45, 7) is 54.5. The number of benzene rings is 11. The molecule has 0 atom stereocenters. The van der Waals surface area contributed by atoms with Crippen molar-refractivity contribution in [3.8, 4) is 67.2 Å². The van der Waals surface area contributed by atoms with Gasteiger partial charge in [-0.25, -0.2) is 0 Å². The second-order valence-electron chi connectivity index (χ2n) is 39.0. The number of nitrogens with zero attached hydrogens (tertiary/aromatic N) is 3. The number of aryl methyl sites for hydroxylation is 6. The molecule has 15 heteroatoms. The van der Waals surface area contributed by atoms with Crippen LogP contribution in [0, 0.1) is 82.4 Å². The predicted molar refractivity (Wildman–Crippen MR) is 576 cm³/mol. The molecule has 0 bridgehead atoms. The van der Waals surface area contributed by atoms with E-state index in [1.54, 1.807) is 36.4 Å². The molecule has 0 spiro atoms. The standard InChI is InChI=1S/3C26H26NSi.C15H12O2.C15H28O2.C13H24O2.3Ir/c3*1-18-13-19(2)15-22(14-18)24-12-11-21-16-26(28(3,4)5)23(17-25(21)27-24)20-9-7-6-8-10-20;16-14(12-7-3-1-4-8-12)11-15(17)13-9-5-2-6-10-13;1-7-14(5,8-2)12(16)11-13(17)15(6,9-3)10-4;1-5-10(6-2)12(14)9-13(15)11(7-3)8-4;;;/h3*6-14,16-17H,1-5H3;1-11,16H;11,16H,7-10H2,1-6H3;9-11,14H,5-8H2,1-4H3;;;/q3*-1;;;;;;. The maximum Gasteiger partial charge on any atom is 0.189 e. The molecule has 3 radical (unpaired) electrons. The number of carbonyl (C=O) groups is 3. The molecule has 0 fully saturated rings. The molecule has 0 saturated heterocycles. The fourth-order valence-electron chi connectivity index (χ4n) is 16.5. The van der Waals surface area contributed by atoms with Gasteiger partial charge in [-0.1, -0.05) is 392 Å². The van der Waals surface area contributed by atoms with Crippen molar-refractivity contribution in [2.24, 2.45) is 22.7 Å². The van der Waals surface area contributed by atoms with Gasteiger partial charge in [0.15, 0.2) is 17.3 Å². The van der Waals surface area contributed by atoms with Gasteiger partial charge in [0.1, 0.15) is 11.5 Å². The number of aliphatic hydroxyl groups is 3. The van der Waals surface area contributed by atoms with Crippen molar-refractivity contribution in [1.82, 2.24) is 15.0 Å².